The molecular weight excluding hydrogens is 532 g/mol. The first-order valence-electron chi connectivity index (χ1n) is 11.1. The third-order valence-corrected chi connectivity index (χ3v) is 6.61. The number of carbonyl (C=O) groups excluding carboxylic acids is 4. The summed E-state index contributed by atoms with van der Waals surface area (Å²) in [6.45, 7) is -0.122. The Kier molecular flexibility index (Phi) is 6.53. The van der Waals surface area contributed by atoms with Crippen LogP contribution in [0, 0.1) is 0 Å². The Balaban J connectivity index is 1.19. The lowest BCUT2D eigenvalue weighted by Crippen LogP contribution is -2.52. The number of nitrogens with one attached hydrogen (secondary N) is 3. The van der Waals surface area contributed by atoms with Crippen molar-refractivity contribution in [1.29, 1.82) is 0 Å². The van der Waals surface area contributed by atoms with Gasteiger partial charge in [0, 0.05) is 46.6 Å². The average molecular weight is 553 g/mol. The summed E-state index contributed by atoms with van der Waals surface area (Å²) in [5.41, 5.74) is 5.79. The van der Waals surface area contributed by atoms with Gasteiger partial charge in [-0.3, -0.25) is 34.8 Å². The van der Waals surface area contributed by atoms with E-state index >= 15 is 0 Å². The van der Waals surface area contributed by atoms with Crippen molar-refractivity contribution in [2.24, 2.45) is 0 Å². The van der Waals surface area contributed by atoms with Gasteiger partial charge >= 0.3 is 0 Å². The van der Waals surface area contributed by atoms with Crippen LogP contribution in [0.3, 0.4) is 0 Å². The maximum atomic E-state index is 12.9. The van der Waals surface area contributed by atoms with Crippen LogP contribution in [0.1, 0.15) is 28.8 Å². The van der Waals surface area contributed by atoms with E-state index in [2.05, 4.69) is 37.0 Å². The van der Waals surface area contributed by atoms with Crippen LogP contribution in [-0.2, 0) is 25.8 Å². The number of rotatable bonds is 7. The van der Waals surface area contributed by atoms with Gasteiger partial charge in [-0.1, -0.05) is 6.07 Å². The molecule has 0 saturated carbocycles. The maximum Gasteiger partial charge on any atom is 0.255 e. The number of amides is 4. The van der Waals surface area contributed by atoms with E-state index in [1.807, 2.05) is 22.9 Å². The van der Waals surface area contributed by atoms with Crippen LogP contribution in [0.25, 0.3) is 5.69 Å². The van der Waals surface area contributed by atoms with Crippen molar-refractivity contribution in [2.75, 3.05) is 17.4 Å². The monoisotopic (exact) mass is 552 g/mol. The van der Waals surface area contributed by atoms with E-state index in [9.17, 15) is 19.2 Å². The lowest BCUT2D eigenvalue weighted by Gasteiger charge is -2.29. The van der Waals surface area contributed by atoms with E-state index in [4.69, 9.17) is 4.84 Å². The van der Waals surface area contributed by atoms with Crippen molar-refractivity contribution in [3.63, 3.8) is 0 Å². The van der Waals surface area contributed by atoms with Crippen molar-refractivity contribution in [3.05, 3.63) is 70.7 Å². The van der Waals surface area contributed by atoms with Crippen molar-refractivity contribution in [1.82, 2.24) is 19.8 Å². The Morgan fingerprint density at radius 3 is 2.83 bits per heavy atom. The summed E-state index contributed by atoms with van der Waals surface area (Å²) < 4.78 is 2.66. The lowest BCUT2D eigenvalue weighted by molar-refractivity contribution is -0.137. The molecule has 1 saturated heterocycles. The number of fused-ring (bicyclic) bond motifs is 1. The van der Waals surface area contributed by atoms with E-state index in [1.165, 1.54) is 4.90 Å². The second kappa shape index (κ2) is 9.91. The molecule has 1 aromatic heterocycles. The largest absolute Gasteiger partial charge is 0.324 e. The van der Waals surface area contributed by atoms with Crippen LogP contribution in [0.2, 0.25) is 0 Å². The summed E-state index contributed by atoms with van der Waals surface area (Å²) in [5, 5.41) is 5.05. The van der Waals surface area contributed by atoms with Gasteiger partial charge in [0.25, 0.3) is 11.8 Å². The summed E-state index contributed by atoms with van der Waals surface area (Å²) in [6, 6.07) is 9.77. The SMILES string of the molecule is O=C1CCC(N2Cc3c(NC(=O)CONc4ccc(-n5ccnc5)c(Br)c4)cccc3C2=O)C(=O)N1. The number of imide groups is 1. The molecule has 0 aliphatic carbocycles. The highest BCUT2D eigenvalue weighted by molar-refractivity contribution is 9.10. The number of nitrogens with zero attached hydrogens (tertiary/aromatic N) is 3. The fourth-order valence-electron chi connectivity index (χ4n) is 4.26. The van der Waals surface area contributed by atoms with Gasteiger partial charge in [0.2, 0.25) is 11.8 Å². The Hall–Kier alpha value is -4.03. The molecule has 2 aliphatic rings. The molecule has 5 rings (SSSR count). The van der Waals surface area contributed by atoms with Gasteiger partial charge in [-0.05, 0) is 52.7 Å². The first-order valence-corrected chi connectivity index (χ1v) is 11.9. The lowest BCUT2D eigenvalue weighted by atomic mass is 10.0. The fourth-order valence-corrected chi connectivity index (χ4v) is 4.84. The van der Waals surface area contributed by atoms with Crippen LogP contribution in [0.15, 0.2) is 59.6 Å². The van der Waals surface area contributed by atoms with E-state index in [-0.39, 0.29) is 37.8 Å². The van der Waals surface area contributed by atoms with Gasteiger partial charge in [-0.2, -0.15) is 0 Å². The topological polar surface area (TPSA) is 135 Å². The van der Waals surface area contributed by atoms with Crippen molar-refractivity contribution >= 4 is 50.9 Å². The molecule has 1 fully saturated rings. The minimum Gasteiger partial charge on any atom is -0.324 e. The third-order valence-electron chi connectivity index (χ3n) is 5.98. The molecule has 3 heterocycles. The number of benzene rings is 2. The molecule has 2 aliphatic heterocycles. The molecule has 1 unspecified atom stereocenters. The number of carbonyl (C=O) groups is 4. The van der Waals surface area contributed by atoms with Gasteiger partial charge in [-0.25, -0.2) is 4.98 Å². The number of piperidine rings is 1. The van der Waals surface area contributed by atoms with E-state index in [0.29, 0.717) is 22.5 Å². The Morgan fingerprint density at radius 2 is 2.08 bits per heavy atom. The van der Waals surface area contributed by atoms with Gasteiger partial charge in [0.15, 0.2) is 6.61 Å². The van der Waals surface area contributed by atoms with Gasteiger partial charge < -0.3 is 14.8 Å². The van der Waals surface area contributed by atoms with Crippen molar-refractivity contribution in [3.8, 4) is 5.69 Å². The quantitative estimate of drug-likeness (QED) is 0.302. The van der Waals surface area contributed by atoms with Crippen molar-refractivity contribution < 1.29 is 24.0 Å². The summed E-state index contributed by atoms with van der Waals surface area (Å²) in [5.74, 6) is -1.55. The zero-order chi connectivity index (χ0) is 25.2. The van der Waals surface area contributed by atoms with Crippen LogP contribution in [0.4, 0.5) is 11.4 Å². The Labute approximate surface area is 213 Å². The molecule has 0 radical (unpaired) electrons. The average Bonchev–Trinajstić information content (AvgIpc) is 3.49. The molecule has 3 N–H and O–H groups in total. The summed E-state index contributed by atoms with van der Waals surface area (Å²) >= 11 is 3.51. The second-order valence-electron chi connectivity index (χ2n) is 8.31. The van der Waals surface area contributed by atoms with Crippen LogP contribution in [-0.4, -0.2) is 50.7 Å². The molecule has 11 nitrogen and oxygen atoms in total. The van der Waals surface area contributed by atoms with Gasteiger partial charge in [-0.15, -0.1) is 0 Å². The predicted octanol–water partition coefficient (Wildman–Crippen LogP) is 2.38. The normalized spacial score (nSPS) is 17.1. The second-order valence-corrected chi connectivity index (χ2v) is 9.16. The Morgan fingerprint density at radius 1 is 1.22 bits per heavy atom. The molecule has 0 bridgehead atoms. The third kappa shape index (κ3) is 4.72. The van der Waals surface area contributed by atoms with Gasteiger partial charge in [0.05, 0.1) is 17.7 Å². The van der Waals surface area contributed by atoms with Crippen LogP contribution in [0.5, 0.6) is 0 Å². The highest BCUT2D eigenvalue weighted by Crippen LogP contribution is 2.32. The maximum absolute atomic E-state index is 12.9. The minimum absolute atomic E-state index is 0.160. The van der Waals surface area contributed by atoms with Crippen LogP contribution < -0.4 is 16.1 Å². The molecule has 2 aromatic carbocycles. The molecule has 0 spiro atoms. The van der Waals surface area contributed by atoms with E-state index in [1.54, 1.807) is 36.8 Å². The number of imidazole rings is 1. The first kappa shape index (κ1) is 23.7. The number of aromatic nitrogens is 2. The summed E-state index contributed by atoms with van der Waals surface area (Å²) in [7, 11) is 0. The summed E-state index contributed by atoms with van der Waals surface area (Å²) in [6.07, 6.45) is 5.64. The van der Waals surface area contributed by atoms with E-state index in [0.717, 1.165) is 10.2 Å². The molecule has 3 aromatic rings. The number of anilines is 2. The fraction of sp³-hybridized carbons (Fsp3) is 0.208. The predicted molar refractivity (Wildman–Crippen MR) is 132 cm³/mol. The molecule has 4 amide bonds. The number of hydrogen-bond acceptors (Lipinski definition) is 7. The smallest absolute Gasteiger partial charge is 0.255 e. The van der Waals surface area contributed by atoms with Gasteiger partial charge in [0.1, 0.15) is 6.04 Å². The molecular formula is C24H21BrN6O5. The molecule has 12 heteroatoms. The highest BCUT2D eigenvalue weighted by atomic mass is 79.9. The number of halogens is 1. The Bertz CT molecular complexity index is 1360. The van der Waals surface area contributed by atoms with Crippen molar-refractivity contribution in [2.45, 2.75) is 25.4 Å². The number of hydrogen-bond donors (Lipinski definition) is 3. The molecule has 184 valence electrons. The summed E-state index contributed by atoms with van der Waals surface area (Å²) in [4.78, 5) is 60.0. The molecule has 1 atom stereocenters. The zero-order valence-corrected chi connectivity index (χ0v) is 20.4. The standard InChI is InChI=1S/C24H21BrN6O5/c25-17-10-14(4-5-19(17)30-9-8-26-13-30)29-36-12-22(33)27-18-3-1-2-15-16(18)11-31(24(15)35)20-6-7-21(32)28-23(20)34/h1-5,8-10,13,20,29H,6-7,11-12H2,(H,27,33)(H,28,32,34). The van der Waals surface area contributed by atoms with Crippen LogP contribution >= 0.6 is 15.9 Å². The molecule has 36 heavy (non-hydrogen) atoms. The van der Waals surface area contributed by atoms with E-state index < -0.39 is 17.9 Å². The highest BCUT2D eigenvalue weighted by Gasteiger charge is 2.39. The zero-order valence-electron chi connectivity index (χ0n) is 18.9. The first-order chi connectivity index (χ1) is 17.4. The minimum atomic E-state index is -0.724.